The summed E-state index contributed by atoms with van der Waals surface area (Å²) >= 11 is 1.51. The molecule has 1 amide bonds. The maximum absolute atomic E-state index is 12.8. The van der Waals surface area contributed by atoms with Gasteiger partial charge in [0.1, 0.15) is 9.88 Å². The van der Waals surface area contributed by atoms with Crippen LogP contribution in [0.1, 0.15) is 42.1 Å². The fourth-order valence-corrected chi connectivity index (χ4v) is 3.61. The van der Waals surface area contributed by atoms with Crippen molar-refractivity contribution >= 4 is 17.2 Å². The molecule has 110 valence electrons. The molecule has 0 atom stereocenters. The molecule has 1 aromatic carbocycles. The van der Waals surface area contributed by atoms with Gasteiger partial charge >= 0.3 is 0 Å². The van der Waals surface area contributed by atoms with Crippen molar-refractivity contribution in [3.63, 3.8) is 0 Å². The van der Waals surface area contributed by atoms with E-state index in [4.69, 9.17) is 0 Å². The molecule has 1 aliphatic rings. The van der Waals surface area contributed by atoms with Gasteiger partial charge in [-0.3, -0.25) is 4.79 Å². The number of hydrogen-bond donors (Lipinski definition) is 0. The Kier molecular flexibility index (Phi) is 3.81. The van der Waals surface area contributed by atoms with E-state index >= 15 is 0 Å². The molecule has 0 aliphatic heterocycles. The van der Waals surface area contributed by atoms with Crippen LogP contribution in [-0.4, -0.2) is 27.9 Å². The Hall–Kier alpha value is -1.68. The fourth-order valence-electron chi connectivity index (χ4n) is 2.59. The van der Waals surface area contributed by atoms with Gasteiger partial charge in [0.2, 0.25) is 0 Å². The van der Waals surface area contributed by atoms with Gasteiger partial charge in [-0.1, -0.05) is 30.3 Å². The van der Waals surface area contributed by atoms with E-state index < -0.39 is 0 Å². The SMILES string of the molecule is Cc1nc(-c2ccccc2)sc1C(=O)N(C(C)C)C1CC1. The number of carbonyl (C=O) groups excluding carboxylic acids is 1. The molecule has 0 radical (unpaired) electrons. The van der Waals surface area contributed by atoms with Crippen LogP contribution in [-0.2, 0) is 0 Å². The summed E-state index contributed by atoms with van der Waals surface area (Å²) in [6, 6.07) is 10.7. The van der Waals surface area contributed by atoms with Crippen LogP contribution < -0.4 is 0 Å². The normalized spacial score (nSPS) is 14.5. The molecule has 2 aromatic rings. The number of aryl methyl sites for hydroxylation is 1. The monoisotopic (exact) mass is 300 g/mol. The van der Waals surface area contributed by atoms with Gasteiger partial charge in [0.25, 0.3) is 5.91 Å². The lowest BCUT2D eigenvalue weighted by Crippen LogP contribution is -2.38. The second kappa shape index (κ2) is 5.60. The number of carbonyl (C=O) groups is 1. The summed E-state index contributed by atoms with van der Waals surface area (Å²) in [5.41, 5.74) is 1.92. The van der Waals surface area contributed by atoms with E-state index in [9.17, 15) is 4.79 Å². The van der Waals surface area contributed by atoms with Gasteiger partial charge < -0.3 is 4.90 Å². The van der Waals surface area contributed by atoms with Crippen molar-refractivity contribution in [2.75, 3.05) is 0 Å². The Bertz CT molecular complexity index is 642. The number of nitrogens with zero attached hydrogens (tertiary/aromatic N) is 2. The molecule has 3 rings (SSSR count). The third kappa shape index (κ3) is 2.86. The number of amides is 1. The van der Waals surface area contributed by atoms with E-state index in [-0.39, 0.29) is 11.9 Å². The molecule has 0 unspecified atom stereocenters. The molecule has 0 N–H and O–H groups in total. The molecule has 0 bridgehead atoms. The van der Waals surface area contributed by atoms with E-state index in [1.165, 1.54) is 11.3 Å². The third-order valence-electron chi connectivity index (χ3n) is 3.74. The molecule has 21 heavy (non-hydrogen) atoms. The number of hydrogen-bond acceptors (Lipinski definition) is 3. The van der Waals surface area contributed by atoms with E-state index in [2.05, 4.69) is 18.8 Å². The molecule has 1 aliphatic carbocycles. The van der Waals surface area contributed by atoms with Gasteiger partial charge in [-0.15, -0.1) is 11.3 Å². The number of aromatic nitrogens is 1. The minimum Gasteiger partial charge on any atom is -0.332 e. The zero-order chi connectivity index (χ0) is 15.0. The quantitative estimate of drug-likeness (QED) is 0.850. The minimum absolute atomic E-state index is 0.143. The minimum atomic E-state index is 0.143. The Morgan fingerprint density at radius 1 is 1.29 bits per heavy atom. The second-order valence-corrected chi connectivity index (χ2v) is 6.84. The van der Waals surface area contributed by atoms with Crippen LogP contribution in [0.15, 0.2) is 30.3 Å². The molecule has 1 saturated carbocycles. The maximum atomic E-state index is 12.8. The van der Waals surface area contributed by atoms with Crippen LogP contribution in [0, 0.1) is 6.92 Å². The predicted octanol–water partition coefficient (Wildman–Crippen LogP) is 4.13. The summed E-state index contributed by atoms with van der Waals surface area (Å²) < 4.78 is 0. The number of rotatable bonds is 4. The zero-order valence-corrected chi connectivity index (χ0v) is 13.5. The summed E-state index contributed by atoms with van der Waals surface area (Å²) in [6.07, 6.45) is 2.26. The van der Waals surface area contributed by atoms with Gasteiger partial charge in [-0.2, -0.15) is 0 Å². The standard InChI is InChI=1S/C17H20N2OS/c1-11(2)19(14-9-10-14)17(20)15-12(3)18-16(21-15)13-7-5-4-6-8-13/h4-8,11,14H,9-10H2,1-3H3. The highest BCUT2D eigenvalue weighted by Gasteiger charge is 2.36. The van der Waals surface area contributed by atoms with Crippen LogP contribution >= 0.6 is 11.3 Å². The predicted molar refractivity (Wildman–Crippen MR) is 86.6 cm³/mol. The Labute approximate surface area is 129 Å². The van der Waals surface area contributed by atoms with Crippen molar-refractivity contribution in [1.29, 1.82) is 0 Å². The summed E-state index contributed by atoms with van der Waals surface area (Å²) in [5.74, 6) is 0.143. The van der Waals surface area contributed by atoms with E-state index in [1.54, 1.807) is 0 Å². The van der Waals surface area contributed by atoms with Gasteiger partial charge in [-0.05, 0) is 33.6 Å². The first-order valence-corrected chi connectivity index (χ1v) is 8.25. The lowest BCUT2D eigenvalue weighted by atomic mass is 10.2. The van der Waals surface area contributed by atoms with Crippen molar-refractivity contribution in [2.45, 2.75) is 45.7 Å². The van der Waals surface area contributed by atoms with E-state index in [0.29, 0.717) is 6.04 Å². The molecule has 1 aromatic heterocycles. The maximum Gasteiger partial charge on any atom is 0.266 e. The van der Waals surface area contributed by atoms with Crippen molar-refractivity contribution in [3.8, 4) is 10.6 Å². The van der Waals surface area contributed by atoms with Crippen molar-refractivity contribution < 1.29 is 4.79 Å². The molecule has 3 nitrogen and oxygen atoms in total. The van der Waals surface area contributed by atoms with Crippen molar-refractivity contribution in [2.24, 2.45) is 0 Å². The number of thiazole rings is 1. The molecule has 0 spiro atoms. The average molecular weight is 300 g/mol. The molecule has 0 saturated heterocycles. The summed E-state index contributed by atoms with van der Waals surface area (Å²) in [7, 11) is 0. The molecule has 4 heteroatoms. The highest BCUT2D eigenvalue weighted by atomic mass is 32.1. The Balaban J connectivity index is 1.92. The van der Waals surface area contributed by atoms with E-state index in [1.807, 2.05) is 42.2 Å². The zero-order valence-electron chi connectivity index (χ0n) is 12.7. The molecular formula is C17H20N2OS. The van der Waals surface area contributed by atoms with Crippen LogP contribution in [0.25, 0.3) is 10.6 Å². The van der Waals surface area contributed by atoms with E-state index in [0.717, 1.165) is 34.0 Å². The van der Waals surface area contributed by atoms with Gasteiger partial charge in [0.05, 0.1) is 5.69 Å². The van der Waals surface area contributed by atoms with Crippen LogP contribution in [0.5, 0.6) is 0 Å². The smallest absolute Gasteiger partial charge is 0.266 e. The molecular weight excluding hydrogens is 280 g/mol. The van der Waals surface area contributed by atoms with Crippen LogP contribution in [0.3, 0.4) is 0 Å². The highest BCUT2D eigenvalue weighted by Crippen LogP contribution is 2.34. The second-order valence-electron chi connectivity index (χ2n) is 5.84. The molecule has 1 heterocycles. The fraction of sp³-hybridized carbons (Fsp3) is 0.412. The Morgan fingerprint density at radius 3 is 2.52 bits per heavy atom. The van der Waals surface area contributed by atoms with Gasteiger partial charge in [0, 0.05) is 17.6 Å². The summed E-state index contributed by atoms with van der Waals surface area (Å²) in [5, 5.41) is 0.927. The first-order valence-electron chi connectivity index (χ1n) is 7.43. The van der Waals surface area contributed by atoms with Crippen molar-refractivity contribution in [3.05, 3.63) is 40.9 Å². The number of benzene rings is 1. The van der Waals surface area contributed by atoms with Crippen LogP contribution in [0.4, 0.5) is 0 Å². The largest absolute Gasteiger partial charge is 0.332 e. The lowest BCUT2D eigenvalue weighted by molar-refractivity contribution is 0.0694. The first-order chi connectivity index (χ1) is 10.1. The summed E-state index contributed by atoms with van der Waals surface area (Å²) in [6.45, 7) is 6.11. The lowest BCUT2D eigenvalue weighted by Gasteiger charge is -2.26. The van der Waals surface area contributed by atoms with Crippen LogP contribution in [0.2, 0.25) is 0 Å². The summed E-state index contributed by atoms with van der Waals surface area (Å²) in [4.78, 5) is 20.2. The third-order valence-corrected chi connectivity index (χ3v) is 4.94. The van der Waals surface area contributed by atoms with Gasteiger partial charge in [0.15, 0.2) is 0 Å². The topological polar surface area (TPSA) is 33.2 Å². The average Bonchev–Trinajstić information content (AvgIpc) is 3.21. The first kappa shape index (κ1) is 14.3. The molecule has 1 fully saturated rings. The van der Waals surface area contributed by atoms with Crippen molar-refractivity contribution in [1.82, 2.24) is 9.88 Å². The Morgan fingerprint density at radius 2 is 1.95 bits per heavy atom. The van der Waals surface area contributed by atoms with Gasteiger partial charge in [-0.25, -0.2) is 4.98 Å². The highest BCUT2D eigenvalue weighted by molar-refractivity contribution is 7.17.